The van der Waals surface area contributed by atoms with Crippen LogP contribution in [0.2, 0.25) is 5.02 Å². The van der Waals surface area contributed by atoms with E-state index in [4.69, 9.17) is 11.6 Å². The highest BCUT2D eigenvalue weighted by atomic mass is 35.5. The number of allylic oxidation sites excluding steroid dienone is 1. The van der Waals surface area contributed by atoms with Crippen molar-refractivity contribution in [1.29, 1.82) is 0 Å². The Morgan fingerprint density at radius 2 is 2.11 bits per heavy atom. The second kappa shape index (κ2) is 9.17. The standard InChI is InChI=1S/C17H26ClN/c1-4-6-7-8-9-10-17(19-5-2)15-11-12-16(18)14(3)13-15/h4,11-13,17,19H,1,5-10H2,2-3H3. The summed E-state index contributed by atoms with van der Waals surface area (Å²) in [6, 6.07) is 6.81. The van der Waals surface area contributed by atoms with Gasteiger partial charge in [0, 0.05) is 11.1 Å². The predicted molar refractivity (Wildman–Crippen MR) is 85.9 cm³/mol. The monoisotopic (exact) mass is 279 g/mol. The number of aryl methyl sites for hydroxylation is 1. The zero-order valence-corrected chi connectivity index (χ0v) is 13.0. The molecule has 0 radical (unpaired) electrons. The van der Waals surface area contributed by atoms with Crippen molar-refractivity contribution < 1.29 is 0 Å². The molecule has 0 saturated heterocycles. The maximum absolute atomic E-state index is 6.09. The molecule has 0 aliphatic rings. The van der Waals surface area contributed by atoms with E-state index >= 15 is 0 Å². The summed E-state index contributed by atoms with van der Waals surface area (Å²) in [4.78, 5) is 0. The molecule has 0 bridgehead atoms. The van der Waals surface area contributed by atoms with E-state index in [2.05, 4.69) is 37.9 Å². The van der Waals surface area contributed by atoms with Crippen LogP contribution >= 0.6 is 11.6 Å². The lowest BCUT2D eigenvalue weighted by molar-refractivity contribution is 0.483. The first-order valence-corrected chi connectivity index (χ1v) is 7.67. The van der Waals surface area contributed by atoms with E-state index in [0.29, 0.717) is 6.04 Å². The minimum absolute atomic E-state index is 0.449. The fourth-order valence-electron chi connectivity index (χ4n) is 2.33. The van der Waals surface area contributed by atoms with Gasteiger partial charge in [0.25, 0.3) is 0 Å². The fourth-order valence-corrected chi connectivity index (χ4v) is 2.45. The molecule has 1 aromatic rings. The normalized spacial score (nSPS) is 12.4. The molecule has 1 nitrogen and oxygen atoms in total. The van der Waals surface area contributed by atoms with Gasteiger partial charge in [0.1, 0.15) is 0 Å². The van der Waals surface area contributed by atoms with Crippen molar-refractivity contribution in [3.8, 4) is 0 Å². The average molecular weight is 280 g/mol. The zero-order chi connectivity index (χ0) is 14.1. The molecule has 2 heteroatoms. The van der Waals surface area contributed by atoms with Gasteiger partial charge in [-0.05, 0) is 49.9 Å². The topological polar surface area (TPSA) is 12.0 Å². The van der Waals surface area contributed by atoms with Gasteiger partial charge >= 0.3 is 0 Å². The van der Waals surface area contributed by atoms with Crippen LogP contribution in [0.5, 0.6) is 0 Å². The van der Waals surface area contributed by atoms with Crippen LogP contribution in [0.4, 0.5) is 0 Å². The van der Waals surface area contributed by atoms with Crippen LogP contribution in [0.25, 0.3) is 0 Å². The third-order valence-corrected chi connectivity index (χ3v) is 3.86. The highest BCUT2D eigenvalue weighted by molar-refractivity contribution is 6.31. The van der Waals surface area contributed by atoms with Crippen molar-refractivity contribution in [3.05, 3.63) is 47.0 Å². The molecule has 0 amide bonds. The van der Waals surface area contributed by atoms with Gasteiger partial charge in [-0.15, -0.1) is 6.58 Å². The molecule has 19 heavy (non-hydrogen) atoms. The summed E-state index contributed by atoms with van der Waals surface area (Å²) in [7, 11) is 0. The summed E-state index contributed by atoms with van der Waals surface area (Å²) in [5.41, 5.74) is 2.51. The number of nitrogens with one attached hydrogen (secondary N) is 1. The Balaban J connectivity index is 2.55. The Hall–Kier alpha value is -0.790. The average Bonchev–Trinajstić information content (AvgIpc) is 2.40. The first-order chi connectivity index (χ1) is 9.19. The molecule has 1 aromatic carbocycles. The maximum Gasteiger partial charge on any atom is 0.0435 e. The predicted octanol–water partition coefficient (Wildman–Crippen LogP) is 5.44. The molecule has 1 N–H and O–H groups in total. The van der Waals surface area contributed by atoms with Crippen LogP contribution in [-0.4, -0.2) is 6.54 Å². The van der Waals surface area contributed by atoms with Gasteiger partial charge in [0.05, 0.1) is 0 Å². The van der Waals surface area contributed by atoms with Crippen molar-refractivity contribution in [2.24, 2.45) is 0 Å². The summed E-state index contributed by atoms with van der Waals surface area (Å²) in [6.45, 7) is 8.99. The molecule has 106 valence electrons. The van der Waals surface area contributed by atoms with E-state index in [1.807, 2.05) is 12.1 Å². The number of rotatable bonds is 9. The van der Waals surface area contributed by atoms with Crippen molar-refractivity contribution in [2.45, 2.75) is 52.0 Å². The Labute approximate surface area is 123 Å². The maximum atomic E-state index is 6.09. The van der Waals surface area contributed by atoms with Gasteiger partial charge in [0.15, 0.2) is 0 Å². The quantitative estimate of drug-likeness (QED) is 0.469. The molecular weight excluding hydrogens is 254 g/mol. The van der Waals surface area contributed by atoms with Gasteiger partial charge in [-0.25, -0.2) is 0 Å². The van der Waals surface area contributed by atoms with Crippen LogP contribution in [0.3, 0.4) is 0 Å². The molecule has 0 heterocycles. The van der Waals surface area contributed by atoms with E-state index < -0.39 is 0 Å². The number of hydrogen-bond donors (Lipinski definition) is 1. The van der Waals surface area contributed by atoms with E-state index in [9.17, 15) is 0 Å². The van der Waals surface area contributed by atoms with Crippen LogP contribution in [0.15, 0.2) is 30.9 Å². The Kier molecular flexibility index (Phi) is 7.85. The first-order valence-electron chi connectivity index (χ1n) is 7.29. The number of unbranched alkanes of at least 4 members (excludes halogenated alkanes) is 3. The molecule has 0 aromatic heterocycles. The van der Waals surface area contributed by atoms with Crippen molar-refractivity contribution >= 4 is 11.6 Å². The second-order valence-corrected chi connectivity index (χ2v) is 5.45. The number of benzene rings is 1. The van der Waals surface area contributed by atoms with Crippen LogP contribution in [0, 0.1) is 6.92 Å². The van der Waals surface area contributed by atoms with Crippen molar-refractivity contribution in [2.75, 3.05) is 6.54 Å². The fraction of sp³-hybridized carbons (Fsp3) is 0.529. The molecule has 0 aliphatic carbocycles. The van der Waals surface area contributed by atoms with Crippen molar-refractivity contribution in [1.82, 2.24) is 5.32 Å². The second-order valence-electron chi connectivity index (χ2n) is 5.05. The molecule has 1 rings (SSSR count). The van der Waals surface area contributed by atoms with E-state index in [1.165, 1.54) is 31.2 Å². The molecule has 0 fully saturated rings. The molecule has 0 aliphatic heterocycles. The lowest BCUT2D eigenvalue weighted by Gasteiger charge is -2.19. The highest BCUT2D eigenvalue weighted by Gasteiger charge is 2.10. The molecule has 1 atom stereocenters. The molecular formula is C17H26ClN. The van der Waals surface area contributed by atoms with Gasteiger partial charge in [-0.3, -0.25) is 0 Å². The van der Waals surface area contributed by atoms with Crippen LogP contribution in [0.1, 0.15) is 56.2 Å². The Bertz CT molecular complexity index is 387. The third kappa shape index (κ3) is 5.80. The lowest BCUT2D eigenvalue weighted by atomic mass is 9.98. The van der Waals surface area contributed by atoms with Gasteiger partial charge < -0.3 is 5.32 Å². The molecule has 0 saturated carbocycles. The number of halogens is 1. The number of hydrogen-bond acceptors (Lipinski definition) is 1. The first kappa shape index (κ1) is 16.3. The SMILES string of the molecule is C=CCCCCCC(NCC)c1ccc(Cl)c(C)c1. The lowest BCUT2D eigenvalue weighted by Crippen LogP contribution is -2.20. The third-order valence-electron chi connectivity index (χ3n) is 3.44. The summed E-state index contributed by atoms with van der Waals surface area (Å²) >= 11 is 6.09. The smallest absolute Gasteiger partial charge is 0.0435 e. The summed E-state index contributed by atoms with van der Waals surface area (Å²) in [5.74, 6) is 0. The van der Waals surface area contributed by atoms with Crippen molar-refractivity contribution in [3.63, 3.8) is 0 Å². The largest absolute Gasteiger partial charge is 0.310 e. The molecule has 0 spiro atoms. The minimum Gasteiger partial charge on any atom is -0.310 e. The van der Waals surface area contributed by atoms with E-state index in [-0.39, 0.29) is 0 Å². The van der Waals surface area contributed by atoms with Crippen LogP contribution < -0.4 is 5.32 Å². The molecule has 1 unspecified atom stereocenters. The van der Waals surface area contributed by atoms with Gasteiger partial charge in [-0.2, -0.15) is 0 Å². The van der Waals surface area contributed by atoms with E-state index in [0.717, 1.165) is 23.6 Å². The van der Waals surface area contributed by atoms with E-state index in [1.54, 1.807) is 0 Å². The van der Waals surface area contributed by atoms with Gasteiger partial charge in [0.2, 0.25) is 0 Å². The summed E-state index contributed by atoms with van der Waals surface area (Å²) in [5, 5.41) is 4.43. The summed E-state index contributed by atoms with van der Waals surface area (Å²) < 4.78 is 0. The minimum atomic E-state index is 0.449. The van der Waals surface area contributed by atoms with Crippen LogP contribution in [-0.2, 0) is 0 Å². The Morgan fingerprint density at radius 3 is 2.74 bits per heavy atom. The Morgan fingerprint density at radius 1 is 1.32 bits per heavy atom. The summed E-state index contributed by atoms with van der Waals surface area (Å²) in [6.07, 6.45) is 8.11. The highest BCUT2D eigenvalue weighted by Crippen LogP contribution is 2.24. The van der Waals surface area contributed by atoms with Gasteiger partial charge in [-0.1, -0.05) is 49.6 Å². The zero-order valence-electron chi connectivity index (χ0n) is 12.2.